The van der Waals surface area contributed by atoms with Gasteiger partial charge in [-0.3, -0.25) is 10.1 Å². The molecule has 0 aromatic heterocycles. The summed E-state index contributed by atoms with van der Waals surface area (Å²) >= 11 is 0. The van der Waals surface area contributed by atoms with Crippen LogP contribution in [-0.4, -0.2) is 30.1 Å². The molecule has 188 valence electrons. The van der Waals surface area contributed by atoms with E-state index in [1.165, 1.54) is 56.0 Å². The predicted octanol–water partition coefficient (Wildman–Crippen LogP) is 6.43. The fraction of sp³-hybridized carbons (Fsp3) is 0.407. The summed E-state index contributed by atoms with van der Waals surface area (Å²) in [5.74, 6) is 0.0391. The van der Waals surface area contributed by atoms with Crippen molar-refractivity contribution in [3.05, 3.63) is 76.9 Å². The molecule has 35 heavy (non-hydrogen) atoms. The number of ether oxygens (including phenoxy) is 3. The molecule has 0 heterocycles. The fourth-order valence-corrected chi connectivity index (χ4v) is 3.35. The van der Waals surface area contributed by atoms with Crippen molar-refractivity contribution in [3.8, 4) is 11.5 Å². The van der Waals surface area contributed by atoms with E-state index in [0.717, 1.165) is 32.1 Å². The Morgan fingerprint density at radius 3 is 1.83 bits per heavy atom. The van der Waals surface area contributed by atoms with Crippen LogP contribution in [0.3, 0.4) is 0 Å². The SMILES string of the molecule is C=CC(=O)OCCCCCCCCCCCOc1ccc(C(=O)Oc2ccc([N+](=O)[O-])cc2)cc1. The molecule has 0 aliphatic carbocycles. The van der Waals surface area contributed by atoms with Crippen molar-refractivity contribution in [2.75, 3.05) is 13.2 Å². The number of carbonyl (C=O) groups is 2. The van der Waals surface area contributed by atoms with Crippen LogP contribution in [0.2, 0.25) is 0 Å². The van der Waals surface area contributed by atoms with Crippen LogP contribution in [-0.2, 0) is 9.53 Å². The van der Waals surface area contributed by atoms with Gasteiger partial charge in [-0.05, 0) is 49.2 Å². The van der Waals surface area contributed by atoms with E-state index in [4.69, 9.17) is 14.2 Å². The van der Waals surface area contributed by atoms with Crippen LogP contribution >= 0.6 is 0 Å². The summed E-state index contributed by atoms with van der Waals surface area (Å²) in [6.07, 6.45) is 11.2. The van der Waals surface area contributed by atoms with Gasteiger partial charge in [0.25, 0.3) is 5.69 Å². The van der Waals surface area contributed by atoms with Crippen molar-refractivity contribution in [1.82, 2.24) is 0 Å². The first kappa shape index (κ1) is 27.6. The third kappa shape index (κ3) is 11.3. The zero-order valence-corrected chi connectivity index (χ0v) is 20.0. The zero-order valence-electron chi connectivity index (χ0n) is 20.0. The van der Waals surface area contributed by atoms with E-state index in [2.05, 4.69) is 6.58 Å². The Hall–Kier alpha value is -3.68. The zero-order chi connectivity index (χ0) is 25.3. The third-order valence-corrected chi connectivity index (χ3v) is 5.32. The van der Waals surface area contributed by atoms with Crippen LogP contribution in [0.4, 0.5) is 5.69 Å². The average Bonchev–Trinajstić information content (AvgIpc) is 2.87. The lowest BCUT2D eigenvalue weighted by Crippen LogP contribution is -2.08. The average molecular weight is 484 g/mol. The molecule has 0 fully saturated rings. The number of rotatable bonds is 17. The highest BCUT2D eigenvalue weighted by molar-refractivity contribution is 5.91. The van der Waals surface area contributed by atoms with Crippen molar-refractivity contribution in [2.24, 2.45) is 0 Å². The highest BCUT2D eigenvalue weighted by atomic mass is 16.6. The molecule has 0 unspecified atom stereocenters. The molecule has 0 bridgehead atoms. The summed E-state index contributed by atoms with van der Waals surface area (Å²) in [5, 5.41) is 10.7. The standard InChI is InChI=1S/C27H33NO7/c1-2-26(29)34-21-11-9-7-5-3-4-6-8-10-20-33-24-16-12-22(13-17-24)27(30)35-25-18-14-23(15-19-25)28(31)32/h2,12-19H,1,3-11,20-21H2. The molecule has 0 atom stereocenters. The summed E-state index contributed by atoms with van der Waals surface area (Å²) in [6, 6.07) is 12.1. The molecular formula is C27H33NO7. The fourth-order valence-electron chi connectivity index (χ4n) is 3.35. The Morgan fingerprint density at radius 2 is 1.29 bits per heavy atom. The van der Waals surface area contributed by atoms with Gasteiger partial charge in [0.15, 0.2) is 0 Å². The van der Waals surface area contributed by atoms with E-state index < -0.39 is 10.9 Å². The van der Waals surface area contributed by atoms with E-state index in [-0.39, 0.29) is 17.4 Å². The first-order valence-electron chi connectivity index (χ1n) is 12.0. The molecule has 2 aromatic carbocycles. The van der Waals surface area contributed by atoms with Crippen LogP contribution in [0.1, 0.15) is 68.1 Å². The molecule has 0 aliphatic heterocycles. The van der Waals surface area contributed by atoms with Crippen molar-refractivity contribution < 1.29 is 28.7 Å². The minimum absolute atomic E-state index is 0.0660. The number of non-ortho nitro benzene ring substituents is 1. The van der Waals surface area contributed by atoms with E-state index in [1.54, 1.807) is 24.3 Å². The first-order chi connectivity index (χ1) is 17.0. The Bertz CT molecular complexity index is 939. The summed E-state index contributed by atoms with van der Waals surface area (Å²) in [6.45, 7) is 4.46. The number of esters is 2. The summed E-state index contributed by atoms with van der Waals surface area (Å²) in [5.41, 5.74) is 0.303. The van der Waals surface area contributed by atoms with Crippen LogP contribution in [0, 0.1) is 10.1 Å². The van der Waals surface area contributed by atoms with Crippen LogP contribution < -0.4 is 9.47 Å². The van der Waals surface area contributed by atoms with Gasteiger partial charge in [-0.25, -0.2) is 9.59 Å². The summed E-state index contributed by atoms with van der Waals surface area (Å²) in [4.78, 5) is 33.3. The van der Waals surface area contributed by atoms with Gasteiger partial charge < -0.3 is 14.2 Å². The quantitative estimate of drug-likeness (QED) is 0.0637. The van der Waals surface area contributed by atoms with Crippen molar-refractivity contribution in [2.45, 2.75) is 57.8 Å². The number of carbonyl (C=O) groups excluding carboxylic acids is 2. The Labute approximate surface area is 206 Å². The van der Waals surface area contributed by atoms with Crippen molar-refractivity contribution >= 4 is 17.6 Å². The van der Waals surface area contributed by atoms with Crippen molar-refractivity contribution in [3.63, 3.8) is 0 Å². The summed E-state index contributed by atoms with van der Waals surface area (Å²) in [7, 11) is 0. The molecule has 0 N–H and O–H groups in total. The maximum atomic E-state index is 12.2. The second kappa shape index (κ2) is 16.0. The Balaban J connectivity index is 1.51. The maximum absolute atomic E-state index is 12.2. The van der Waals surface area contributed by atoms with Gasteiger partial charge in [-0.15, -0.1) is 0 Å². The minimum atomic E-state index is -0.540. The van der Waals surface area contributed by atoms with Gasteiger partial charge >= 0.3 is 11.9 Å². The van der Waals surface area contributed by atoms with Gasteiger partial charge in [-0.2, -0.15) is 0 Å². The van der Waals surface area contributed by atoms with Gasteiger partial charge in [0.05, 0.1) is 23.7 Å². The number of hydrogen-bond acceptors (Lipinski definition) is 7. The topological polar surface area (TPSA) is 105 Å². The molecule has 0 saturated heterocycles. The second-order valence-electron chi connectivity index (χ2n) is 8.07. The number of hydrogen-bond donors (Lipinski definition) is 0. The lowest BCUT2D eigenvalue weighted by molar-refractivity contribution is -0.384. The molecule has 0 radical (unpaired) electrons. The van der Waals surface area contributed by atoms with Crippen LogP contribution in [0.15, 0.2) is 61.2 Å². The van der Waals surface area contributed by atoms with E-state index in [0.29, 0.717) is 24.5 Å². The third-order valence-electron chi connectivity index (χ3n) is 5.32. The van der Waals surface area contributed by atoms with E-state index in [9.17, 15) is 19.7 Å². The minimum Gasteiger partial charge on any atom is -0.494 e. The molecule has 0 aliphatic rings. The predicted molar refractivity (Wildman–Crippen MR) is 133 cm³/mol. The highest BCUT2D eigenvalue weighted by Gasteiger charge is 2.11. The van der Waals surface area contributed by atoms with Gasteiger partial charge in [0, 0.05) is 18.2 Å². The lowest BCUT2D eigenvalue weighted by Gasteiger charge is -2.08. The molecule has 8 heteroatoms. The lowest BCUT2D eigenvalue weighted by atomic mass is 10.1. The van der Waals surface area contributed by atoms with E-state index >= 15 is 0 Å². The number of benzene rings is 2. The van der Waals surface area contributed by atoms with Gasteiger partial charge in [0.1, 0.15) is 11.5 Å². The maximum Gasteiger partial charge on any atom is 0.343 e. The monoisotopic (exact) mass is 483 g/mol. The smallest absolute Gasteiger partial charge is 0.343 e. The first-order valence-corrected chi connectivity index (χ1v) is 12.0. The van der Waals surface area contributed by atoms with Crippen LogP contribution in [0.5, 0.6) is 11.5 Å². The largest absolute Gasteiger partial charge is 0.494 e. The second-order valence-corrected chi connectivity index (χ2v) is 8.07. The van der Waals surface area contributed by atoms with Gasteiger partial charge in [-0.1, -0.05) is 51.5 Å². The molecule has 2 aromatic rings. The Morgan fingerprint density at radius 1 is 0.771 bits per heavy atom. The van der Waals surface area contributed by atoms with Crippen LogP contribution in [0.25, 0.3) is 0 Å². The highest BCUT2D eigenvalue weighted by Crippen LogP contribution is 2.20. The molecule has 0 amide bonds. The number of nitro benzene ring substituents is 1. The Kier molecular flexibility index (Phi) is 12.6. The van der Waals surface area contributed by atoms with E-state index in [1.807, 2.05) is 0 Å². The summed E-state index contributed by atoms with van der Waals surface area (Å²) < 4.78 is 15.9. The number of nitro groups is 1. The van der Waals surface area contributed by atoms with Gasteiger partial charge in [0.2, 0.25) is 0 Å². The molecule has 0 spiro atoms. The molecular weight excluding hydrogens is 450 g/mol. The number of nitrogens with zero attached hydrogens (tertiary/aromatic N) is 1. The number of unbranched alkanes of at least 4 members (excludes halogenated alkanes) is 8. The van der Waals surface area contributed by atoms with Crippen molar-refractivity contribution in [1.29, 1.82) is 0 Å². The normalized spacial score (nSPS) is 10.4. The molecule has 8 nitrogen and oxygen atoms in total. The molecule has 0 saturated carbocycles. The molecule has 2 rings (SSSR count).